The molecule has 6 nitrogen and oxygen atoms in total. The van der Waals surface area contributed by atoms with E-state index in [2.05, 4.69) is 28.1 Å². The Morgan fingerprint density at radius 1 is 1.16 bits per heavy atom. The first-order valence-electron chi connectivity index (χ1n) is 7.80. The Morgan fingerprint density at radius 3 is 2.44 bits per heavy atom. The molecule has 0 aliphatic heterocycles. The summed E-state index contributed by atoms with van der Waals surface area (Å²) in [5.74, 6) is 0. The fraction of sp³-hybridized carbons (Fsp3) is 0.167. The van der Waals surface area contributed by atoms with Crippen LogP contribution in [0.3, 0.4) is 0 Å². The molecule has 0 aromatic heterocycles. The summed E-state index contributed by atoms with van der Waals surface area (Å²) < 4.78 is 5.59. The Hall–Kier alpha value is -2.93. The average molecular weight is 356 g/mol. The van der Waals surface area contributed by atoms with Crippen molar-refractivity contribution in [2.45, 2.75) is 18.9 Å². The number of benzene rings is 2. The Morgan fingerprint density at radius 2 is 1.80 bits per heavy atom. The molecule has 2 aromatic rings. The molecule has 0 aliphatic rings. The number of nitrogens with one attached hydrogen (secondary N) is 2. The van der Waals surface area contributed by atoms with E-state index in [0.717, 1.165) is 5.56 Å². The smallest absolute Gasteiger partial charge is 0.412 e. The Kier molecular flexibility index (Phi) is 7.40. The van der Waals surface area contributed by atoms with Gasteiger partial charge in [0.05, 0.1) is 0 Å². The quantitative estimate of drug-likeness (QED) is 0.401. The van der Waals surface area contributed by atoms with Crippen molar-refractivity contribution in [3.8, 4) is 0 Å². The normalized spacial score (nSPS) is 11.7. The number of nitrogens with zero attached hydrogens (tertiary/aromatic N) is 1. The van der Waals surface area contributed by atoms with E-state index in [1.54, 1.807) is 18.3 Å². The zero-order valence-electron chi connectivity index (χ0n) is 13.6. The minimum absolute atomic E-state index is 0.106. The third-order valence-corrected chi connectivity index (χ3v) is 3.36. The van der Waals surface area contributed by atoms with E-state index in [0.29, 0.717) is 18.5 Å². The van der Waals surface area contributed by atoms with E-state index in [4.69, 9.17) is 10.5 Å². The first-order chi connectivity index (χ1) is 12.1. The van der Waals surface area contributed by atoms with Crippen LogP contribution in [-0.2, 0) is 4.74 Å². The van der Waals surface area contributed by atoms with Gasteiger partial charge in [0.15, 0.2) is 5.11 Å². The molecule has 0 radical (unpaired) electrons. The number of amides is 1. The number of hydrogen-bond acceptors (Lipinski definition) is 4. The topological polar surface area (TPSA) is 88.7 Å². The van der Waals surface area contributed by atoms with Crippen LogP contribution < -0.4 is 16.5 Å². The van der Waals surface area contributed by atoms with Crippen molar-refractivity contribution in [2.75, 3.05) is 5.32 Å². The van der Waals surface area contributed by atoms with E-state index in [1.807, 2.05) is 48.5 Å². The lowest BCUT2D eigenvalue weighted by Gasteiger charge is -2.18. The highest BCUT2D eigenvalue weighted by Crippen LogP contribution is 2.23. The number of nitrogens with two attached hydrogens (primary N) is 1. The van der Waals surface area contributed by atoms with Crippen molar-refractivity contribution < 1.29 is 9.53 Å². The lowest BCUT2D eigenvalue weighted by Crippen LogP contribution is -2.24. The van der Waals surface area contributed by atoms with Gasteiger partial charge in [0, 0.05) is 11.9 Å². The molecule has 25 heavy (non-hydrogen) atoms. The second-order valence-corrected chi connectivity index (χ2v) is 5.60. The van der Waals surface area contributed by atoms with Gasteiger partial charge in [-0.3, -0.25) is 10.7 Å². The molecule has 0 fully saturated rings. The number of para-hydroxylation sites is 1. The minimum atomic E-state index is -0.502. The molecule has 1 unspecified atom stereocenters. The summed E-state index contributed by atoms with van der Waals surface area (Å²) in [6.45, 7) is 0. The molecular weight excluding hydrogens is 336 g/mol. The monoisotopic (exact) mass is 356 g/mol. The predicted octanol–water partition coefficient (Wildman–Crippen LogP) is 3.58. The number of hydrogen-bond donors (Lipinski definition) is 3. The molecule has 2 rings (SSSR count). The van der Waals surface area contributed by atoms with Gasteiger partial charge in [-0.05, 0) is 42.8 Å². The summed E-state index contributed by atoms with van der Waals surface area (Å²) in [5.41, 5.74) is 9.38. The SMILES string of the molecule is NC(=S)NN=CCCC(OC(=O)Nc1ccccc1)c1ccccc1. The van der Waals surface area contributed by atoms with Gasteiger partial charge in [-0.15, -0.1) is 0 Å². The first kappa shape index (κ1) is 18.4. The third-order valence-electron chi connectivity index (χ3n) is 3.26. The van der Waals surface area contributed by atoms with Crippen molar-refractivity contribution in [3.05, 3.63) is 66.2 Å². The molecule has 2 aromatic carbocycles. The Labute approximate surface area is 152 Å². The second kappa shape index (κ2) is 10.0. The zero-order valence-corrected chi connectivity index (χ0v) is 14.4. The van der Waals surface area contributed by atoms with Crippen LogP contribution in [0.2, 0.25) is 0 Å². The third kappa shape index (κ3) is 7.01. The molecule has 0 spiro atoms. The summed E-state index contributed by atoms with van der Waals surface area (Å²) >= 11 is 4.67. The molecule has 0 aliphatic carbocycles. The summed E-state index contributed by atoms with van der Waals surface area (Å²) in [4.78, 5) is 12.2. The summed E-state index contributed by atoms with van der Waals surface area (Å²) in [6.07, 6.45) is 1.93. The van der Waals surface area contributed by atoms with Crippen molar-refractivity contribution in [2.24, 2.45) is 10.8 Å². The van der Waals surface area contributed by atoms with Crippen LogP contribution in [0.1, 0.15) is 24.5 Å². The minimum Gasteiger partial charge on any atom is -0.441 e. The van der Waals surface area contributed by atoms with Crippen LogP contribution in [0.25, 0.3) is 0 Å². The predicted molar refractivity (Wildman–Crippen MR) is 103 cm³/mol. The van der Waals surface area contributed by atoms with Crippen molar-refractivity contribution in [1.82, 2.24) is 5.43 Å². The zero-order chi connectivity index (χ0) is 17.9. The molecule has 0 heterocycles. The summed E-state index contributed by atoms with van der Waals surface area (Å²) in [6, 6.07) is 18.7. The highest BCUT2D eigenvalue weighted by Gasteiger charge is 2.16. The molecule has 0 saturated heterocycles. The molecule has 130 valence electrons. The van der Waals surface area contributed by atoms with Gasteiger partial charge in [0.2, 0.25) is 0 Å². The maximum atomic E-state index is 12.2. The van der Waals surface area contributed by atoms with E-state index in [-0.39, 0.29) is 11.2 Å². The van der Waals surface area contributed by atoms with Gasteiger partial charge in [0.25, 0.3) is 0 Å². The first-order valence-corrected chi connectivity index (χ1v) is 8.20. The van der Waals surface area contributed by atoms with Crippen LogP contribution in [-0.4, -0.2) is 17.4 Å². The number of carbonyl (C=O) groups is 1. The van der Waals surface area contributed by atoms with Gasteiger partial charge in [-0.1, -0.05) is 48.5 Å². The summed E-state index contributed by atoms with van der Waals surface area (Å²) in [5, 5.41) is 6.71. The number of carbonyl (C=O) groups excluding carboxylic acids is 1. The van der Waals surface area contributed by atoms with Gasteiger partial charge >= 0.3 is 6.09 Å². The van der Waals surface area contributed by atoms with Crippen LogP contribution >= 0.6 is 12.2 Å². The van der Waals surface area contributed by atoms with Crippen LogP contribution in [0.15, 0.2) is 65.8 Å². The molecule has 4 N–H and O–H groups in total. The highest BCUT2D eigenvalue weighted by molar-refractivity contribution is 7.80. The number of anilines is 1. The van der Waals surface area contributed by atoms with Crippen LogP contribution in [0.4, 0.5) is 10.5 Å². The Bertz CT molecular complexity index is 708. The molecule has 7 heteroatoms. The molecule has 1 amide bonds. The van der Waals surface area contributed by atoms with Crippen LogP contribution in [0, 0.1) is 0 Å². The van der Waals surface area contributed by atoms with Crippen molar-refractivity contribution >= 4 is 35.3 Å². The largest absolute Gasteiger partial charge is 0.441 e. The average Bonchev–Trinajstić information content (AvgIpc) is 2.62. The van der Waals surface area contributed by atoms with E-state index in [9.17, 15) is 4.79 Å². The number of ether oxygens (including phenoxy) is 1. The number of thiocarbonyl (C=S) groups is 1. The number of hydrazone groups is 1. The number of rotatable bonds is 7. The fourth-order valence-corrected chi connectivity index (χ4v) is 2.21. The lowest BCUT2D eigenvalue weighted by molar-refractivity contribution is 0.107. The standard InChI is InChI=1S/C18H20N4O2S/c19-17(25)22-20-13-7-12-16(14-8-3-1-4-9-14)24-18(23)21-15-10-5-2-6-11-15/h1-6,8-11,13,16H,7,12H2,(H,21,23)(H3,19,22,25). The molecule has 0 bridgehead atoms. The van der Waals surface area contributed by atoms with Gasteiger partial charge in [-0.2, -0.15) is 5.10 Å². The highest BCUT2D eigenvalue weighted by atomic mass is 32.1. The van der Waals surface area contributed by atoms with E-state index >= 15 is 0 Å². The van der Waals surface area contributed by atoms with E-state index < -0.39 is 6.09 Å². The molecule has 0 saturated carbocycles. The lowest BCUT2D eigenvalue weighted by atomic mass is 10.1. The second-order valence-electron chi connectivity index (χ2n) is 5.16. The fourth-order valence-electron chi connectivity index (χ4n) is 2.16. The van der Waals surface area contributed by atoms with Gasteiger partial charge in [-0.25, -0.2) is 4.79 Å². The summed E-state index contributed by atoms with van der Waals surface area (Å²) in [7, 11) is 0. The molecule has 1 atom stereocenters. The maximum absolute atomic E-state index is 12.2. The van der Waals surface area contributed by atoms with Crippen molar-refractivity contribution in [1.29, 1.82) is 0 Å². The van der Waals surface area contributed by atoms with E-state index in [1.165, 1.54) is 0 Å². The molecular formula is C18H20N4O2S. The van der Waals surface area contributed by atoms with Gasteiger partial charge in [0.1, 0.15) is 6.10 Å². The maximum Gasteiger partial charge on any atom is 0.412 e. The Balaban J connectivity index is 1.95. The van der Waals surface area contributed by atoms with Crippen LogP contribution in [0.5, 0.6) is 0 Å². The van der Waals surface area contributed by atoms with Gasteiger partial charge < -0.3 is 10.5 Å². The van der Waals surface area contributed by atoms with Crippen molar-refractivity contribution in [3.63, 3.8) is 0 Å².